The van der Waals surface area contributed by atoms with Gasteiger partial charge in [0.05, 0.1) is 0 Å². The van der Waals surface area contributed by atoms with Gasteiger partial charge in [0, 0.05) is 19.0 Å². The molecule has 1 aromatic rings. The molecule has 1 atom stereocenters. The number of H-pyrrole nitrogens is 1. The van der Waals surface area contributed by atoms with E-state index in [4.69, 9.17) is 0 Å². The number of nitrogens with one attached hydrogen (secondary N) is 2. The van der Waals surface area contributed by atoms with Crippen molar-refractivity contribution < 1.29 is 0 Å². The zero-order valence-corrected chi connectivity index (χ0v) is 9.79. The molecule has 1 rings (SSSR count). The van der Waals surface area contributed by atoms with Gasteiger partial charge in [-0.1, -0.05) is 26.2 Å². The molecule has 0 aliphatic rings. The molecule has 0 amide bonds. The van der Waals surface area contributed by atoms with Crippen LogP contribution in [0.25, 0.3) is 0 Å². The second-order valence-corrected chi connectivity index (χ2v) is 4.03. The SMILES string of the molecule is CCCCCC(C)NCCc1ncn[nH]1. The van der Waals surface area contributed by atoms with E-state index in [0.717, 1.165) is 18.8 Å². The topological polar surface area (TPSA) is 53.6 Å². The first kappa shape index (κ1) is 12.2. The average Bonchev–Trinajstić information content (AvgIpc) is 2.71. The molecule has 0 aliphatic heterocycles. The first-order valence-corrected chi connectivity index (χ1v) is 5.90. The summed E-state index contributed by atoms with van der Waals surface area (Å²) >= 11 is 0. The van der Waals surface area contributed by atoms with Crippen LogP contribution in [0.3, 0.4) is 0 Å². The predicted molar refractivity (Wildman–Crippen MR) is 61.7 cm³/mol. The van der Waals surface area contributed by atoms with Gasteiger partial charge in [0.1, 0.15) is 12.2 Å². The van der Waals surface area contributed by atoms with Crippen LogP contribution >= 0.6 is 0 Å². The van der Waals surface area contributed by atoms with Crippen LogP contribution in [0.1, 0.15) is 45.4 Å². The molecule has 0 aliphatic carbocycles. The molecular weight excluding hydrogens is 188 g/mol. The van der Waals surface area contributed by atoms with Gasteiger partial charge in [-0.3, -0.25) is 5.10 Å². The van der Waals surface area contributed by atoms with E-state index in [2.05, 4.69) is 34.3 Å². The maximum atomic E-state index is 4.08. The van der Waals surface area contributed by atoms with Crippen LogP contribution in [-0.2, 0) is 6.42 Å². The molecule has 0 saturated carbocycles. The summed E-state index contributed by atoms with van der Waals surface area (Å²) < 4.78 is 0. The number of hydrogen-bond acceptors (Lipinski definition) is 3. The van der Waals surface area contributed by atoms with E-state index in [0.29, 0.717) is 6.04 Å². The number of aromatic nitrogens is 3. The van der Waals surface area contributed by atoms with E-state index in [-0.39, 0.29) is 0 Å². The lowest BCUT2D eigenvalue weighted by atomic mass is 10.1. The quantitative estimate of drug-likeness (QED) is 0.644. The predicted octanol–water partition coefficient (Wildman–Crippen LogP) is 1.91. The van der Waals surface area contributed by atoms with Crippen molar-refractivity contribution in [1.82, 2.24) is 20.5 Å². The highest BCUT2D eigenvalue weighted by atomic mass is 15.2. The minimum absolute atomic E-state index is 0.611. The molecule has 0 saturated heterocycles. The molecule has 86 valence electrons. The fraction of sp³-hybridized carbons (Fsp3) is 0.818. The van der Waals surface area contributed by atoms with Crippen molar-refractivity contribution >= 4 is 0 Å². The lowest BCUT2D eigenvalue weighted by Gasteiger charge is -2.12. The fourth-order valence-electron chi connectivity index (χ4n) is 1.59. The van der Waals surface area contributed by atoms with E-state index < -0.39 is 0 Å². The van der Waals surface area contributed by atoms with Crippen LogP contribution in [0, 0.1) is 0 Å². The van der Waals surface area contributed by atoms with Gasteiger partial charge in [-0.2, -0.15) is 5.10 Å². The second-order valence-electron chi connectivity index (χ2n) is 4.03. The molecule has 0 bridgehead atoms. The van der Waals surface area contributed by atoms with E-state index in [1.54, 1.807) is 6.33 Å². The van der Waals surface area contributed by atoms with Crippen LogP contribution in [-0.4, -0.2) is 27.8 Å². The summed E-state index contributed by atoms with van der Waals surface area (Å²) in [5.74, 6) is 0.961. The Labute approximate surface area is 91.9 Å². The number of rotatable bonds is 8. The summed E-state index contributed by atoms with van der Waals surface area (Å²) in [4.78, 5) is 4.08. The highest BCUT2D eigenvalue weighted by molar-refractivity contribution is 4.80. The van der Waals surface area contributed by atoms with Gasteiger partial charge in [0.15, 0.2) is 0 Å². The lowest BCUT2D eigenvalue weighted by Crippen LogP contribution is -2.28. The number of hydrogen-bond donors (Lipinski definition) is 2. The van der Waals surface area contributed by atoms with E-state index >= 15 is 0 Å². The third-order valence-electron chi connectivity index (χ3n) is 2.56. The summed E-state index contributed by atoms with van der Waals surface area (Å²) in [7, 11) is 0. The smallest absolute Gasteiger partial charge is 0.137 e. The molecule has 1 unspecified atom stereocenters. The number of nitrogens with zero attached hydrogens (tertiary/aromatic N) is 2. The fourth-order valence-corrected chi connectivity index (χ4v) is 1.59. The summed E-state index contributed by atoms with van der Waals surface area (Å²) in [5.41, 5.74) is 0. The Kier molecular flexibility index (Phi) is 6.00. The third-order valence-corrected chi connectivity index (χ3v) is 2.56. The molecule has 0 aromatic carbocycles. The van der Waals surface area contributed by atoms with Gasteiger partial charge in [-0.25, -0.2) is 4.98 Å². The summed E-state index contributed by atoms with van der Waals surface area (Å²) in [6, 6.07) is 0.611. The number of unbranched alkanes of at least 4 members (excludes halogenated alkanes) is 2. The van der Waals surface area contributed by atoms with Crippen LogP contribution in [0.5, 0.6) is 0 Å². The highest BCUT2D eigenvalue weighted by Gasteiger charge is 2.01. The Bertz CT molecular complexity index is 233. The summed E-state index contributed by atoms with van der Waals surface area (Å²) in [5, 5.41) is 10.2. The van der Waals surface area contributed by atoms with Crippen molar-refractivity contribution in [3.05, 3.63) is 12.2 Å². The highest BCUT2D eigenvalue weighted by Crippen LogP contribution is 2.02. The van der Waals surface area contributed by atoms with Gasteiger partial charge in [0.2, 0.25) is 0 Å². The maximum Gasteiger partial charge on any atom is 0.137 e. The van der Waals surface area contributed by atoms with Crippen LogP contribution in [0.15, 0.2) is 6.33 Å². The third kappa shape index (κ3) is 5.52. The molecule has 0 spiro atoms. The molecular formula is C11H22N4. The first-order chi connectivity index (χ1) is 7.33. The lowest BCUT2D eigenvalue weighted by molar-refractivity contribution is 0.488. The first-order valence-electron chi connectivity index (χ1n) is 5.90. The second kappa shape index (κ2) is 7.40. The molecule has 15 heavy (non-hydrogen) atoms. The standard InChI is InChI=1S/C11H22N4/c1-3-4-5-6-10(2)12-8-7-11-13-9-14-15-11/h9-10,12H,3-8H2,1-2H3,(H,13,14,15). The van der Waals surface area contributed by atoms with E-state index in [9.17, 15) is 0 Å². The zero-order valence-electron chi connectivity index (χ0n) is 9.79. The van der Waals surface area contributed by atoms with Crippen molar-refractivity contribution in [2.45, 2.75) is 52.0 Å². The van der Waals surface area contributed by atoms with Crippen molar-refractivity contribution in [2.24, 2.45) is 0 Å². The molecule has 4 nitrogen and oxygen atoms in total. The van der Waals surface area contributed by atoms with Crippen molar-refractivity contribution in [3.8, 4) is 0 Å². The molecule has 0 radical (unpaired) electrons. The van der Waals surface area contributed by atoms with Crippen molar-refractivity contribution in [1.29, 1.82) is 0 Å². The largest absolute Gasteiger partial charge is 0.314 e. The molecule has 0 fully saturated rings. The number of aromatic amines is 1. The summed E-state index contributed by atoms with van der Waals surface area (Å²) in [6.45, 7) is 5.46. The van der Waals surface area contributed by atoms with Crippen LogP contribution in [0.4, 0.5) is 0 Å². The Morgan fingerprint density at radius 3 is 3.00 bits per heavy atom. The van der Waals surface area contributed by atoms with Crippen LogP contribution < -0.4 is 5.32 Å². The van der Waals surface area contributed by atoms with Crippen molar-refractivity contribution in [2.75, 3.05) is 6.54 Å². The maximum absolute atomic E-state index is 4.08. The summed E-state index contributed by atoms with van der Waals surface area (Å²) in [6.07, 6.45) is 7.72. The van der Waals surface area contributed by atoms with Crippen molar-refractivity contribution in [3.63, 3.8) is 0 Å². The van der Waals surface area contributed by atoms with E-state index in [1.165, 1.54) is 25.7 Å². The minimum atomic E-state index is 0.611. The Hall–Kier alpha value is -0.900. The van der Waals surface area contributed by atoms with Gasteiger partial charge in [0.25, 0.3) is 0 Å². The minimum Gasteiger partial charge on any atom is -0.314 e. The molecule has 1 heterocycles. The normalized spacial score (nSPS) is 12.9. The Morgan fingerprint density at radius 2 is 2.33 bits per heavy atom. The molecule has 2 N–H and O–H groups in total. The monoisotopic (exact) mass is 210 g/mol. The van der Waals surface area contributed by atoms with Crippen LogP contribution in [0.2, 0.25) is 0 Å². The zero-order chi connectivity index (χ0) is 10.9. The Balaban J connectivity index is 1.99. The van der Waals surface area contributed by atoms with Gasteiger partial charge >= 0.3 is 0 Å². The van der Waals surface area contributed by atoms with Gasteiger partial charge in [-0.05, 0) is 13.3 Å². The van der Waals surface area contributed by atoms with Gasteiger partial charge < -0.3 is 5.32 Å². The Morgan fingerprint density at radius 1 is 1.47 bits per heavy atom. The van der Waals surface area contributed by atoms with E-state index in [1.807, 2.05) is 0 Å². The average molecular weight is 210 g/mol. The molecule has 4 heteroatoms. The van der Waals surface area contributed by atoms with Gasteiger partial charge in [-0.15, -0.1) is 0 Å². The molecule has 1 aromatic heterocycles.